The van der Waals surface area contributed by atoms with Crippen LogP contribution < -0.4 is 0 Å². The number of hydrogen-bond acceptors (Lipinski definition) is 4. The third kappa shape index (κ3) is 3.18. The maximum atomic E-state index is 12.1. The molecule has 2 rings (SSSR count). The minimum Gasteiger partial charge on any atom is -0.481 e. The smallest absolute Gasteiger partial charge is 0.410 e. The van der Waals surface area contributed by atoms with E-state index in [-0.39, 0.29) is 12.0 Å². The van der Waals surface area contributed by atoms with Gasteiger partial charge < -0.3 is 19.5 Å². The van der Waals surface area contributed by atoms with E-state index in [1.807, 2.05) is 0 Å². The van der Waals surface area contributed by atoms with Gasteiger partial charge in [0, 0.05) is 18.5 Å². The highest BCUT2D eigenvalue weighted by Gasteiger charge is 2.49. The van der Waals surface area contributed by atoms with E-state index >= 15 is 0 Å². The lowest BCUT2D eigenvalue weighted by Gasteiger charge is -2.49. The molecule has 0 saturated carbocycles. The molecule has 1 spiro atoms. The number of likely N-dealkylation sites (tertiary alicyclic amines) is 1. The lowest BCUT2D eigenvalue weighted by molar-refractivity contribution is -0.168. The third-order valence-corrected chi connectivity index (χ3v) is 3.46. The van der Waals surface area contributed by atoms with Crippen molar-refractivity contribution in [1.29, 1.82) is 0 Å². The van der Waals surface area contributed by atoms with Crippen LogP contribution >= 0.6 is 0 Å². The molecule has 0 aliphatic carbocycles. The van der Waals surface area contributed by atoms with Crippen LogP contribution in [0, 0.1) is 11.3 Å². The Balaban J connectivity index is 2.07. The zero-order valence-corrected chi connectivity index (χ0v) is 11.6. The quantitative estimate of drug-likeness (QED) is 0.779. The highest BCUT2D eigenvalue weighted by atomic mass is 16.6. The number of aliphatic carboxylic acids is 1. The molecular formula is C13H21NO5. The molecule has 0 radical (unpaired) electrons. The molecule has 2 heterocycles. The first-order valence-corrected chi connectivity index (χ1v) is 6.49. The molecule has 2 aliphatic heterocycles. The van der Waals surface area contributed by atoms with Gasteiger partial charge in [-0.15, -0.1) is 0 Å². The van der Waals surface area contributed by atoms with Gasteiger partial charge in [-0.2, -0.15) is 0 Å². The predicted octanol–water partition coefficient (Wildman–Crippen LogP) is 1.34. The highest BCUT2D eigenvalue weighted by molar-refractivity contribution is 5.73. The molecule has 1 N–H and O–H groups in total. The topological polar surface area (TPSA) is 76.1 Å². The van der Waals surface area contributed by atoms with Crippen molar-refractivity contribution in [3.8, 4) is 0 Å². The Labute approximate surface area is 112 Å². The van der Waals surface area contributed by atoms with Crippen molar-refractivity contribution in [2.45, 2.75) is 32.8 Å². The maximum absolute atomic E-state index is 12.1. The molecule has 108 valence electrons. The second-order valence-electron chi connectivity index (χ2n) is 6.59. The van der Waals surface area contributed by atoms with Gasteiger partial charge in [-0.05, 0) is 27.2 Å². The number of amides is 1. The monoisotopic (exact) mass is 271 g/mol. The van der Waals surface area contributed by atoms with Crippen LogP contribution in [0.2, 0.25) is 0 Å². The van der Waals surface area contributed by atoms with E-state index in [1.165, 1.54) is 4.90 Å². The largest absolute Gasteiger partial charge is 0.481 e. The molecule has 0 aromatic heterocycles. The Hall–Kier alpha value is -1.30. The maximum Gasteiger partial charge on any atom is 0.410 e. The lowest BCUT2D eigenvalue weighted by Crippen LogP contribution is -2.59. The van der Waals surface area contributed by atoms with Gasteiger partial charge in [-0.1, -0.05) is 0 Å². The first kappa shape index (κ1) is 14.1. The van der Waals surface area contributed by atoms with E-state index in [2.05, 4.69) is 0 Å². The van der Waals surface area contributed by atoms with Crippen LogP contribution in [0.25, 0.3) is 0 Å². The summed E-state index contributed by atoms with van der Waals surface area (Å²) in [4.78, 5) is 24.8. The van der Waals surface area contributed by atoms with Crippen molar-refractivity contribution < 1.29 is 24.2 Å². The minimum atomic E-state index is -0.862. The molecule has 0 bridgehead atoms. The average molecular weight is 271 g/mol. The SMILES string of the molecule is CC(C)(C)OC(=O)N1CC(C(=O)O)CC2(COC2)C1. The summed E-state index contributed by atoms with van der Waals surface area (Å²) in [6.07, 6.45) is 0.131. The van der Waals surface area contributed by atoms with Gasteiger partial charge in [-0.25, -0.2) is 4.79 Å². The van der Waals surface area contributed by atoms with Crippen molar-refractivity contribution in [1.82, 2.24) is 4.90 Å². The van der Waals surface area contributed by atoms with Crippen molar-refractivity contribution in [2.75, 3.05) is 26.3 Å². The number of carboxylic acid groups (broad SMARTS) is 1. The standard InChI is InChI=1S/C13H21NO5/c1-12(2,3)19-11(17)14-5-9(10(15)16)4-13(6-14)7-18-8-13/h9H,4-8H2,1-3H3,(H,15,16). The molecule has 1 unspecified atom stereocenters. The van der Waals surface area contributed by atoms with Crippen molar-refractivity contribution in [3.05, 3.63) is 0 Å². The zero-order chi connectivity index (χ0) is 14.3. The summed E-state index contributed by atoms with van der Waals surface area (Å²) in [5, 5.41) is 9.20. The number of nitrogens with zero attached hydrogens (tertiary/aromatic N) is 1. The van der Waals surface area contributed by atoms with E-state index in [1.54, 1.807) is 20.8 Å². The predicted molar refractivity (Wildman–Crippen MR) is 66.8 cm³/mol. The van der Waals surface area contributed by atoms with Gasteiger partial charge in [0.25, 0.3) is 0 Å². The molecule has 6 nitrogen and oxygen atoms in total. The summed E-state index contributed by atoms with van der Waals surface area (Å²) in [5.74, 6) is -1.40. The fraction of sp³-hybridized carbons (Fsp3) is 0.846. The minimum absolute atomic E-state index is 0.196. The van der Waals surface area contributed by atoms with Gasteiger partial charge in [0.05, 0.1) is 19.1 Å². The molecule has 2 saturated heterocycles. The average Bonchev–Trinajstić information content (AvgIpc) is 2.24. The van der Waals surface area contributed by atoms with Crippen molar-refractivity contribution in [2.24, 2.45) is 11.3 Å². The summed E-state index contributed by atoms with van der Waals surface area (Å²) in [6, 6.07) is 0. The van der Waals surface area contributed by atoms with Crippen LogP contribution in [-0.2, 0) is 14.3 Å². The first-order valence-electron chi connectivity index (χ1n) is 6.49. The number of carbonyl (C=O) groups excluding carboxylic acids is 1. The molecule has 6 heteroatoms. The number of piperidine rings is 1. The molecule has 0 aromatic carbocycles. The zero-order valence-electron chi connectivity index (χ0n) is 11.6. The fourth-order valence-corrected chi connectivity index (χ4v) is 2.62. The van der Waals surface area contributed by atoms with Crippen LogP contribution in [0.5, 0.6) is 0 Å². The van der Waals surface area contributed by atoms with Crippen molar-refractivity contribution >= 4 is 12.1 Å². The summed E-state index contributed by atoms with van der Waals surface area (Å²) >= 11 is 0. The third-order valence-electron chi connectivity index (χ3n) is 3.46. The Kier molecular flexibility index (Phi) is 3.47. The Morgan fingerprint density at radius 3 is 2.42 bits per heavy atom. The van der Waals surface area contributed by atoms with E-state index in [4.69, 9.17) is 9.47 Å². The van der Waals surface area contributed by atoms with Crippen LogP contribution in [0.3, 0.4) is 0 Å². The summed E-state index contributed by atoms with van der Waals surface area (Å²) < 4.78 is 10.5. The molecule has 0 aromatic rings. The van der Waals surface area contributed by atoms with Gasteiger partial charge in [-0.3, -0.25) is 4.79 Å². The lowest BCUT2D eigenvalue weighted by atomic mass is 9.74. The van der Waals surface area contributed by atoms with E-state index in [9.17, 15) is 14.7 Å². The Bertz CT molecular complexity index is 383. The van der Waals surface area contributed by atoms with E-state index < -0.39 is 23.6 Å². The molecule has 19 heavy (non-hydrogen) atoms. The van der Waals surface area contributed by atoms with Crippen LogP contribution in [-0.4, -0.2) is 54.0 Å². The second-order valence-corrected chi connectivity index (χ2v) is 6.59. The molecule has 1 atom stereocenters. The number of ether oxygens (including phenoxy) is 2. The number of carbonyl (C=O) groups is 2. The molecule has 1 amide bonds. The van der Waals surface area contributed by atoms with E-state index in [0.29, 0.717) is 26.2 Å². The molecule has 2 aliphatic rings. The van der Waals surface area contributed by atoms with Gasteiger partial charge >= 0.3 is 12.1 Å². The Morgan fingerprint density at radius 1 is 1.37 bits per heavy atom. The fourth-order valence-electron chi connectivity index (χ4n) is 2.62. The number of rotatable bonds is 1. The number of carboxylic acids is 1. The van der Waals surface area contributed by atoms with Gasteiger partial charge in [0.2, 0.25) is 0 Å². The van der Waals surface area contributed by atoms with Crippen molar-refractivity contribution in [3.63, 3.8) is 0 Å². The molecular weight excluding hydrogens is 250 g/mol. The first-order chi connectivity index (χ1) is 8.71. The van der Waals surface area contributed by atoms with Crippen LogP contribution in [0.4, 0.5) is 4.79 Å². The summed E-state index contributed by atoms with van der Waals surface area (Å²) in [7, 11) is 0. The number of hydrogen-bond donors (Lipinski definition) is 1. The summed E-state index contributed by atoms with van der Waals surface area (Å²) in [5.41, 5.74) is -0.769. The normalized spacial score (nSPS) is 25.8. The summed E-state index contributed by atoms with van der Waals surface area (Å²) in [6.45, 7) is 7.17. The van der Waals surface area contributed by atoms with Gasteiger partial charge in [0.1, 0.15) is 5.60 Å². The Morgan fingerprint density at radius 2 is 2.00 bits per heavy atom. The van der Waals surface area contributed by atoms with Gasteiger partial charge in [0.15, 0.2) is 0 Å². The van der Waals surface area contributed by atoms with E-state index in [0.717, 1.165) is 0 Å². The second kappa shape index (κ2) is 4.67. The highest BCUT2D eigenvalue weighted by Crippen LogP contribution is 2.39. The van der Waals surface area contributed by atoms with Crippen LogP contribution in [0.1, 0.15) is 27.2 Å². The van der Waals surface area contributed by atoms with Crippen LogP contribution in [0.15, 0.2) is 0 Å². The molecule has 2 fully saturated rings.